The molecular weight excluding hydrogens is 256 g/mol. The molecule has 1 fully saturated rings. The first-order valence-corrected chi connectivity index (χ1v) is 6.93. The molecule has 0 saturated carbocycles. The Labute approximate surface area is 117 Å². The van der Waals surface area contributed by atoms with Crippen molar-refractivity contribution in [3.63, 3.8) is 0 Å². The Kier molecular flexibility index (Phi) is 3.21. The highest BCUT2D eigenvalue weighted by atomic mass is 16.5. The highest BCUT2D eigenvalue weighted by molar-refractivity contribution is 5.89. The van der Waals surface area contributed by atoms with Gasteiger partial charge in [0.1, 0.15) is 5.82 Å². The molecule has 0 aromatic carbocycles. The zero-order valence-electron chi connectivity index (χ0n) is 12.1. The molecule has 1 aliphatic rings. The maximum absolute atomic E-state index is 6.12. The molecule has 0 radical (unpaired) electrons. The molecular formula is C13H20N6O. The molecule has 0 unspecified atom stereocenters. The number of aryl methyl sites for hydroxylation is 1. The lowest BCUT2D eigenvalue weighted by atomic mass is 10.3. The Morgan fingerprint density at radius 3 is 2.55 bits per heavy atom. The van der Waals surface area contributed by atoms with Crippen molar-refractivity contribution in [3.05, 3.63) is 5.69 Å². The van der Waals surface area contributed by atoms with E-state index in [1.54, 1.807) is 0 Å². The van der Waals surface area contributed by atoms with Crippen LogP contribution < -0.4 is 10.6 Å². The van der Waals surface area contributed by atoms with Gasteiger partial charge in [0, 0.05) is 19.1 Å². The monoisotopic (exact) mass is 276 g/mol. The third-order valence-electron chi connectivity index (χ3n) is 3.53. The van der Waals surface area contributed by atoms with Crippen molar-refractivity contribution >= 4 is 22.8 Å². The molecule has 0 bridgehead atoms. The molecule has 7 heteroatoms. The van der Waals surface area contributed by atoms with Gasteiger partial charge < -0.3 is 15.4 Å². The van der Waals surface area contributed by atoms with Gasteiger partial charge in [0.15, 0.2) is 5.65 Å². The summed E-state index contributed by atoms with van der Waals surface area (Å²) in [5.41, 5.74) is 7.80. The average molecular weight is 276 g/mol. The molecule has 1 aliphatic heterocycles. The number of morpholine rings is 1. The number of nitrogens with two attached hydrogens (primary N) is 1. The minimum atomic E-state index is 0.234. The van der Waals surface area contributed by atoms with Crippen LogP contribution in [0, 0.1) is 6.92 Å². The molecule has 0 aliphatic carbocycles. The fourth-order valence-corrected chi connectivity index (χ4v) is 2.49. The standard InChI is InChI=1S/C13H20N6O/c1-8(2)19-12-10(9(3)17-19)11(14)15-13(16-12)18-4-6-20-7-5-18/h8H,4-7H2,1-3H3,(H2,14,15,16). The van der Waals surface area contributed by atoms with E-state index in [-0.39, 0.29) is 6.04 Å². The molecule has 2 N–H and O–H groups in total. The van der Waals surface area contributed by atoms with E-state index in [0.29, 0.717) is 25.0 Å². The summed E-state index contributed by atoms with van der Waals surface area (Å²) >= 11 is 0. The van der Waals surface area contributed by atoms with Gasteiger partial charge in [-0.3, -0.25) is 0 Å². The topological polar surface area (TPSA) is 82.1 Å². The van der Waals surface area contributed by atoms with Crippen molar-refractivity contribution in [2.24, 2.45) is 0 Å². The zero-order valence-corrected chi connectivity index (χ0v) is 12.1. The van der Waals surface area contributed by atoms with Crippen molar-refractivity contribution in [3.8, 4) is 0 Å². The fourth-order valence-electron chi connectivity index (χ4n) is 2.49. The molecule has 1 saturated heterocycles. The van der Waals surface area contributed by atoms with Crippen molar-refractivity contribution in [1.82, 2.24) is 19.7 Å². The van der Waals surface area contributed by atoms with Gasteiger partial charge in [-0.05, 0) is 20.8 Å². The van der Waals surface area contributed by atoms with Gasteiger partial charge in [-0.1, -0.05) is 0 Å². The maximum atomic E-state index is 6.12. The third-order valence-corrected chi connectivity index (χ3v) is 3.53. The molecule has 3 heterocycles. The van der Waals surface area contributed by atoms with E-state index in [1.807, 2.05) is 11.6 Å². The highest BCUT2D eigenvalue weighted by Crippen LogP contribution is 2.26. The fraction of sp³-hybridized carbons (Fsp3) is 0.615. The molecule has 108 valence electrons. The van der Waals surface area contributed by atoms with Gasteiger partial charge >= 0.3 is 0 Å². The lowest BCUT2D eigenvalue weighted by molar-refractivity contribution is 0.122. The second-order valence-electron chi connectivity index (χ2n) is 5.33. The van der Waals surface area contributed by atoms with Crippen LogP contribution in [0.2, 0.25) is 0 Å². The van der Waals surface area contributed by atoms with Gasteiger partial charge in [0.25, 0.3) is 0 Å². The van der Waals surface area contributed by atoms with E-state index >= 15 is 0 Å². The minimum Gasteiger partial charge on any atom is -0.383 e. The largest absolute Gasteiger partial charge is 0.383 e. The zero-order chi connectivity index (χ0) is 14.3. The normalized spacial score (nSPS) is 16.3. The van der Waals surface area contributed by atoms with Crippen LogP contribution in [0.25, 0.3) is 11.0 Å². The SMILES string of the molecule is Cc1nn(C(C)C)c2nc(N3CCOCC3)nc(N)c12. The third kappa shape index (κ3) is 2.07. The number of hydrogen-bond acceptors (Lipinski definition) is 6. The lowest BCUT2D eigenvalue weighted by Gasteiger charge is -2.26. The van der Waals surface area contributed by atoms with E-state index in [1.165, 1.54) is 0 Å². The van der Waals surface area contributed by atoms with Crippen molar-refractivity contribution in [1.29, 1.82) is 0 Å². The molecule has 3 rings (SSSR count). The minimum absolute atomic E-state index is 0.234. The Morgan fingerprint density at radius 2 is 1.90 bits per heavy atom. The predicted octanol–water partition coefficient (Wildman–Crippen LogP) is 1.13. The molecule has 0 atom stereocenters. The smallest absolute Gasteiger partial charge is 0.229 e. The van der Waals surface area contributed by atoms with Crippen LogP contribution >= 0.6 is 0 Å². The van der Waals surface area contributed by atoms with Gasteiger partial charge in [-0.15, -0.1) is 0 Å². The quantitative estimate of drug-likeness (QED) is 0.885. The Hall–Kier alpha value is -1.89. The number of nitrogen functional groups attached to an aromatic ring is 1. The summed E-state index contributed by atoms with van der Waals surface area (Å²) < 4.78 is 7.27. The summed E-state index contributed by atoms with van der Waals surface area (Å²) in [5, 5.41) is 5.38. The second kappa shape index (κ2) is 4.90. The predicted molar refractivity (Wildman–Crippen MR) is 77.9 cm³/mol. The summed E-state index contributed by atoms with van der Waals surface area (Å²) in [4.78, 5) is 11.2. The first-order chi connectivity index (χ1) is 9.58. The van der Waals surface area contributed by atoms with Gasteiger partial charge in [-0.2, -0.15) is 15.1 Å². The average Bonchev–Trinajstić information content (AvgIpc) is 2.78. The van der Waals surface area contributed by atoms with E-state index in [4.69, 9.17) is 10.5 Å². The van der Waals surface area contributed by atoms with Crippen LogP contribution in [0.15, 0.2) is 0 Å². The number of aromatic nitrogens is 4. The number of anilines is 2. The van der Waals surface area contributed by atoms with Crippen LogP contribution in [0.4, 0.5) is 11.8 Å². The van der Waals surface area contributed by atoms with Crippen molar-refractivity contribution in [2.45, 2.75) is 26.8 Å². The Morgan fingerprint density at radius 1 is 1.20 bits per heavy atom. The number of nitrogens with zero attached hydrogens (tertiary/aromatic N) is 5. The van der Waals surface area contributed by atoms with Crippen molar-refractivity contribution < 1.29 is 4.74 Å². The summed E-state index contributed by atoms with van der Waals surface area (Å²) in [6, 6.07) is 0.234. The maximum Gasteiger partial charge on any atom is 0.229 e. The number of fused-ring (bicyclic) bond motifs is 1. The first-order valence-electron chi connectivity index (χ1n) is 6.93. The lowest BCUT2D eigenvalue weighted by Crippen LogP contribution is -2.37. The summed E-state index contributed by atoms with van der Waals surface area (Å²) in [7, 11) is 0. The molecule has 2 aromatic heterocycles. The van der Waals surface area contributed by atoms with Crippen molar-refractivity contribution in [2.75, 3.05) is 36.9 Å². The van der Waals surface area contributed by atoms with Crippen LogP contribution in [0.3, 0.4) is 0 Å². The van der Waals surface area contributed by atoms with Gasteiger partial charge in [0.05, 0.1) is 24.3 Å². The molecule has 0 amide bonds. The van der Waals surface area contributed by atoms with E-state index in [0.717, 1.165) is 29.8 Å². The summed E-state index contributed by atoms with van der Waals surface area (Å²) in [5.74, 6) is 1.17. The first kappa shape index (κ1) is 13.1. The number of rotatable bonds is 2. The Bertz CT molecular complexity index is 629. The molecule has 2 aromatic rings. The van der Waals surface area contributed by atoms with E-state index < -0.39 is 0 Å². The van der Waals surface area contributed by atoms with Gasteiger partial charge in [0.2, 0.25) is 5.95 Å². The van der Waals surface area contributed by atoms with Crippen LogP contribution in [0.1, 0.15) is 25.6 Å². The van der Waals surface area contributed by atoms with Crippen LogP contribution in [-0.4, -0.2) is 46.1 Å². The highest BCUT2D eigenvalue weighted by Gasteiger charge is 2.20. The number of ether oxygens (including phenoxy) is 1. The molecule has 0 spiro atoms. The van der Waals surface area contributed by atoms with Gasteiger partial charge in [-0.25, -0.2) is 4.68 Å². The number of hydrogen-bond donors (Lipinski definition) is 1. The van der Waals surface area contributed by atoms with Crippen LogP contribution in [-0.2, 0) is 4.74 Å². The molecule has 7 nitrogen and oxygen atoms in total. The second-order valence-corrected chi connectivity index (χ2v) is 5.33. The summed E-state index contributed by atoms with van der Waals surface area (Å²) in [6.45, 7) is 9.08. The van der Waals surface area contributed by atoms with Crippen LogP contribution in [0.5, 0.6) is 0 Å². The molecule has 20 heavy (non-hydrogen) atoms. The Balaban J connectivity index is 2.13. The van der Waals surface area contributed by atoms with E-state index in [9.17, 15) is 0 Å². The van der Waals surface area contributed by atoms with E-state index in [2.05, 4.69) is 33.8 Å². The summed E-state index contributed by atoms with van der Waals surface area (Å²) in [6.07, 6.45) is 0.